The van der Waals surface area contributed by atoms with Gasteiger partial charge >= 0.3 is 5.97 Å². The third kappa shape index (κ3) is 3.21. The summed E-state index contributed by atoms with van der Waals surface area (Å²) >= 11 is 0. The molecule has 0 saturated carbocycles. The first-order valence-corrected chi connectivity index (χ1v) is 6.20. The van der Waals surface area contributed by atoms with Crippen LogP contribution >= 0.6 is 0 Å². The summed E-state index contributed by atoms with van der Waals surface area (Å²) < 4.78 is 0. The minimum atomic E-state index is -0.686. The van der Waals surface area contributed by atoms with Crippen LogP contribution in [0.15, 0.2) is 0 Å². The zero-order chi connectivity index (χ0) is 12.4. The second-order valence-corrected chi connectivity index (χ2v) is 6.38. The summed E-state index contributed by atoms with van der Waals surface area (Å²) in [5.41, 5.74) is -0.502. The van der Waals surface area contributed by atoms with Crippen molar-refractivity contribution in [2.75, 3.05) is 13.1 Å². The van der Waals surface area contributed by atoms with E-state index in [1.807, 2.05) is 13.8 Å². The van der Waals surface area contributed by atoms with Crippen molar-refractivity contribution in [1.29, 1.82) is 0 Å². The molecule has 2 N–H and O–H groups in total. The zero-order valence-electron chi connectivity index (χ0n) is 11.0. The van der Waals surface area contributed by atoms with Gasteiger partial charge in [0, 0.05) is 0 Å². The molecule has 3 heteroatoms. The highest BCUT2D eigenvalue weighted by atomic mass is 16.4. The summed E-state index contributed by atoms with van der Waals surface area (Å²) in [6.07, 6.45) is 3.09. The molecule has 0 aromatic rings. The molecule has 1 aliphatic heterocycles. The highest BCUT2D eigenvalue weighted by Gasteiger charge is 2.39. The van der Waals surface area contributed by atoms with Crippen molar-refractivity contribution in [2.24, 2.45) is 16.7 Å². The van der Waals surface area contributed by atoms with E-state index in [4.69, 9.17) is 0 Å². The number of piperidine rings is 1. The van der Waals surface area contributed by atoms with Crippen LogP contribution in [0.4, 0.5) is 0 Å². The fourth-order valence-electron chi connectivity index (χ4n) is 2.96. The van der Waals surface area contributed by atoms with Crippen molar-refractivity contribution in [3.05, 3.63) is 0 Å². The van der Waals surface area contributed by atoms with Crippen LogP contribution in [-0.2, 0) is 4.79 Å². The molecule has 1 rings (SSSR count). The summed E-state index contributed by atoms with van der Waals surface area (Å²) in [5.74, 6) is -0.0399. The highest BCUT2D eigenvalue weighted by Crippen LogP contribution is 2.42. The van der Waals surface area contributed by atoms with E-state index >= 15 is 0 Å². The van der Waals surface area contributed by atoms with Gasteiger partial charge in [0.25, 0.3) is 0 Å². The molecule has 0 atom stereocenters. The smallest absolute Gasteiger partial charge is 0.309 e. The Hall–Kier alpha value is -0.570. The van der Waals surface area contributed by atoms with Gasteiger partial charge in [-0.05, 0) is 57.5 Å². The molecule has 3 nitrogen and oxygen atoms in total. The van der Waals surface area contributed by atoms with Crippen molar-refractivity contribution >= 4 is 5.97 Å². The van der Waals surface area contributed by atoms with Crippen LogP contribution in [0.2, 0.25) is 0 Å². The summed E-state index contributed by atoms with van der Waals surface area (Å²) in [4.78, 5) is 11.2. The molecule has 1 saturated heterocycles. The van der Waals surface area contributed by atoms with Gasteiger partial charge < -0.3 is 10.4 Å². The number of rotatable bonds is 4. The Bertz CT molecular complexity index is 253. The van der Waals surface area contributed by atoms with E-state index in [1.165, 1.54) is 12.8 Å². The Morgan fingerprint density at radius 3 is 2.19 bits per heavy atom. The number of carboxylic acid groups (broad SMARTS) is 1. The van der Waals surface area contributed by atoms with E-state index in [9.17, 15) is 9.90 Å². The predicted octanol–water partition coefficient (Wildman–Crippen LogP) is 2.51. The predicted molar refractivity (Wildman–Crippen MR) is 65.4 cm³/mol. The zero-order valence-corrected chi connectivity index (χ0v) is 11.0. The van der Waals surface area contributed by atoms with E-state index in [0.717, 1.165) is 19.5 Å². The second kappa shape index (κ2) is 4.74. The second-order valence-electron chi connectivity index (χ2n) is 6.38. The molecule has 0 radical (unpaired) electrons. The molecular formula is C13H25NO2. The van der Waals surface area contributed by atoms with Crippen molar-refractivity contribution in [1.82, 2.24) is 5.32 Å². The number of hydrogen-bond donors (Lipinski definition) is 2. The summed E-state index contributed by atoms with van der Waals surface area (Å²) in [6.45, 7) is 10.2. The third-order valence-electron chi connectivity index (χ3n) is 3.92. The van der Waals surface area contributed by atoms with Gasteiger partial charge in [0.2, 0.25) is 0 Å². The first kappa shape index (κ1) is 13.5. The molecular weight excluding hydrogens is 202 g/mol. The van der Waals surface area contributed by atoms with Crippen molar-refractivity contribution in [3.63, 3.8) is 0 Å². The lowest BCUT2D eigenvalue weighted by atomic mass is 9.66. The van der Waals surface area contributed by atoms with Crippen LogP contribution in [0.1, 0.15) is 47.0 Å². The van der Waals surface area contributed by atoms with Crippen LogP contribution in [0.25, 0.3) is 0 Å². The molecule has 94 valence electrons. The van der Waals surface area contributed by atoms with E-state index in [-0.39, 0.29) is 5.41 Å². The number of aliphatic carboxylic acids is 1. The molecule has 0 unspecified atom stereocenters. The standard InChI is InChI=1S/C13H25NO2/c1-12(2,9-13(3,4)11(15)16)10-5-7-14-8-6-10/h10,14H,5-9H2,1-4H3,(H,15,16). The maximum atomic E-state index is 11.2. The Labute approximate surface area is 98.6 Å². The van der Waals surface area contributed by atoms with Gasteiger partial charge in [0.05, 0.1) is 5.41 Å². The molecule has 0 bridgehead atoms. The Kier molecular flexibility index (Phi) is 4.00. The van der Waals surface area contributed by atoms with E-state index in [0.29, 0.717) is 5.92 Å². The molecule has 1 aliphatic rings. The molecule has 0 aliphatic carbocycles. The summed E-state index contributed by atoms with van der Waals surface area (Å²) in [7, 11) is 0. The number of carboxylic acids is 1. The van der Waals surface area contributed by atoms with E-state index < -0.39 is 11.4 Å². The van der Waals surface area contributed by atoms with Crippen LogP contribution < -0.4 is 5.32 Å². The molecule has 0 amide bonds. The largest absolute Gasteiger partial charge is 0.481 e. The molecule has 0 aromatic carbocycles. The van der Waals surface area contributed by atoms with E-state index in [1.54, 1.807) is 0 Å². The number of carbonyl (C=O) groups is 1. The minimum Gasteiger partial charge on any atom is -0.481 e. The maximum Gasteiger partial charge on any atom is 0.309 e. The van der Waals surface area contributed by atoms with Crippen molar-refractivity contribution in [3.8, 4) is 0 Å². The number of nitrogens with one attached hydrogen (secondary N) is 1. The monoisotopic (exact) mass is 227 g/mol. The van der Waals surface area contributed by atoms with Crippen LogP contribution in [0.5, 0.6) is 0 Å². The number of hydrogen-bond acceptors (Lipinski definition) is 2. The minimum absolute atomic E-state index is 0.115. The average Bonchev–Trinajstić information content (AvgIpc) is 2.17. The normalized spacial score (nSPS) is 19.8. The van der Waals surface area contributed by atoms with Gasteiger partial charge in [-0.3, -0.25) is 4.79 Å². The molecule has 0 aromatic heterocycles. The Morgan fingerprint density at radius 2 is 1.75 bits per heavy atom. The molecule has 1 fully saturated rings. The van der Waals surface area contributed by atoms with Crippen LogP contribution in [-0.4, -0.2) is 24.2 Å². The third-order valence-corrected chi connectivity index (χ3v) is 3.92. The van der Waals surface area contributed by atoms with Crippen molar-refractivity contribution < 1.29 is 9.90 Å². The van der Waals surface area contributed by atoms with Gasteiger partial charge in [-0.25, -0.2) is 0 Å². The molecule has 16 heavy (non-hydrogen) atoms. The summed E-state index contributed by atoms with van der Waals surface area (Å²) in [5, 5.41) is 12.5. The summed E-state index contributed by atoms with van der Waals surface area (Å²) in [6, 6.07) is 0. The average molecular weight is 227 g/mol. The first-order valence-electron chi connectivity index (χ1n) is 6.20. The van der Waals surface area contributed by atoms with Gasteiger partial charge in [0.15, 0.2) is 0 Å². The quantitative estimate of drug-likeness (QED) is 0.776. The van der Waals surface area contributed by atoms with Gasteiger partial charge in [-0.2, -0.15) is 0 Å². The van der Waals surface area contributed by atoms with Gasteiger partial charge in [0.1, 0.15) is 0 Å². The Balaban J connectivity index is 2.65. The lowest BCUT2D eigenvalue weighted by Crippen LogP contribution is -2.39. The SMILES string of the molecule is CC(C)(CC(C)(C)C1CCNCC1)C(=O)O. The lowest BCUT2D eigenvalue weighted by Gasteiger charge is -2.41. The molecule has 0 spiro atoms. The highest BCUT2D eigenvalue weighted by molar-refractivity contribution is 5.73. The van der Waals surface area contributed by atoms with Crippen LogP contribution in [0, 0.1) is 16.7 Å². The first-order chi connectivity index (χ1) is 7.26. The van der Waals surface area contributed by atoms with E-state index in [2.05, 4.69) is 19.2 Å². The fourth-order valence-corrected chi connectivity index (χ4v) is 2.96. The topological polar surface area (TPSA) is 49.3 Å². The fraction of sp³-hybridized carbons (Fsp3) is 0.923. The maximum absolute atomic E-state index is 11.2. The Morgan fingerprint density at radius 1 is 1.25 bits per heavy atom. The van der Waals surface area contributed by atoms with Crippen molar-refractivity contribution in [2.45, 2.75) is 47.0 Å². The van der Waals surface area contributed by atoms with Gasteiger partial charge in [-0.15, -0.1) is 0 Å². The van der Waals surface area contributed by atoms with Crippen LogP contribution in [0.3, 0.4) is 0 Å². The lowest BCUT2D eigenvalue weighted by molar-refractivity contribution is -0.149. The molecule has 1 heterocycles. The van der Waals surface area contributed by atoms with Gasteiger partial charge in [-0.1, -0.05) is 13.8 Å².